The van der Waals surface area contributed by atoms with Crippen molar-refractivity contribution in [1.82, 2.24) is 5.32 Å². The summed E-state index contributed by atoms with van der Waals surface area (Å²) >= 11 is 0. The van der Waals surface area contributed by atoms with Crippen LogP contribution >= 0.6 is 0 Å². The Kier molecular flexibility index (Phi) is 11.5. The highest BCUT2D eigenvalue weighted by molar-refractivity contribution is 5.86. The lowest BCUT2D eigenvalue weighted by atomic mass is 10.3. The smallest absolute Gasteiger partial charge is 0.407 e. The molecule has 0 spiro atoms. The van der Waals surface area contributed by atoms with Gasteiger partial charge in [-0.25, -0.2) is 9.59 Å². The van der Waals surface area contributed by atoms with Gasteiger partial charge in [-0.05, 0) is 26.7 Å². The normalized spacial score (nSPS) is 9.73. The SMILES string of the molecule is C=C(C)OCOCCOC(=O)NCCCCOC(=O)C(=C)C. The Morgan fingerprint density at radius 1 is 0.955 bits per heavy atom. The fourth-order valence-electron chi connectivity index (χ4n) is 1.15. The molecule has 7 heteroatoms. The fraction of sp³-hybridized carbons (Fsp3) is 0.600. The third-order valence-corrected chi connectivity index (χ3v) is 2.27. The second-order valence-corrected chi connectivity index (χ2v) is 4.56. The van der Waals surface area contributed by atoms with Crippen LogP contribution in [0, 0.1) is 0 Å². The maximum Gasteiger partial charge on any atom is 0.407 e. The zero-order chi connectivity index (χ0) is 16.8. The molecule has 1 amide bonds. The van der Waals surface area contributed by atoms with Crippen LogP contribution in [0.1, 0.15) is 26.7 Å². The number of esters is 1. The summed E-state index contributed by atoms with van der Waals surface area (Å²) in [6.45, 7) is 11.6. The zero-order valence-corrected chi connectivity index (χ0v) is 13.3. The number of rotatable bonds is 12. The third-order valence-electron chi connectivity index (χ3n) is 2.27. The first-order valence-electron chi connectivity index (χ1n) is 7.02. The molecule has 126 valence electrons. The molecule has 0 aliphatic heterocycles. The minimum absolute atomic E-state index is 0.0865. The van der Waals surface area contributed by atoms with Gasteiger partial charge in [-0.2, -0.15) is 0 Å². The second-order valence-electron chi connectivity index (χ2n) is 4.56. The van der Waals surface area contributed by atoms with E-state index in [0.29, 0.717) is 37.3 Å². The Hall–Kier alpha value is -2.02. The fourth-order valence-corrected chi connectivity index (χ4v) is 1.15. The van der Waals surface area contributed by atoms with Crippen molar-refractivity contribution >= 4 is 12.1 Å². The molecular formula is C15H25NO6. The van der Waals surface area contributed by atoms with Gasteiger partial charge in [0.15, 0.2) is 6.79 Å². The zero-order valence-electron chi connectivity index (χ0n) is 13.3. The summed E-state index contributed by atoms with van der Waals surface area (Å²) in [6.07, 6.45) is 0.825. The Bertz CT molecular complexity index is 380. The molecule has 0 aliphatic carbocycles. The summed E-state index contributed by atoms with van der Waals surface area (Å²) in [4.78, 5) is 22.4. The van der Waals surface area contributed by atoms with Gasteiger partial charge in [0.05, 0.1) is 19.0 Å². The van der Waals surface area contributed by atoms with Crippen LogP contribution in [0.15, 0.2) is 24.5 Å². The molecule has 0 aromatic heterocycles. The van der Waals surface area contributed by atoms with Gasteiger partial charge in [-0.15, -0.1) is 0 Å². The predicted octanol–water partition coefficient (Wildman–Crippen LogP) is 2.14. The van der Waals surface area contributed by atoms with E-state index in [1.54, 1.807) is 13.8 Å². The van der Waals surface area contributed by atoms with Crippen LogP contribution in [0.3, 0.4) is 0 Å². The molecule has 0 unspecified atom stereocenters. The molecule has 0 saturated heterocycles. The third kappa shape index (κ3) is 13.0. The van der Waals surface area contributed by atoms with E-state index in [0.717, 1.165) is 0 Å². The summed E-state index contributed by atoms with van der Waals surface area (Å²) in [7, 11) is 0. The van der Waals surface area contributed by atoms with Gasteiger partial charge in [0.25, 0.3) is 0 Å². The molecule has 0 fully saturated rings. The number of nitrogens with one attached hydrogen (secondary N) is 1. The van der Waals surface area contributed by atoms with Crippen LogP contribution < -0.4 is 5.32 Å². The van der Waals surface area contributed by atoms with Crippen LogP contribution in [0.5, 0.6) is 0 Å². The van der Waals surface area contributed by atoms with Crippen LogP contribution in [-0.2, 0) is 23.7 Å². The highest BCUT2D eigenvalue weighted by Crippen LogP contribution is 1.95. The molecule has 0 aromatic rings. The quantitative estimate of drug-likeness (QED) is 0.195. The van der Waals surface area contributed by atoms with Gasteiger partial charge in [-0.1, -0.05) is 13.2 Å². The number of ether oxygens (including phenoxy) is 4. The first-order valence-corrected chi connectivity index (χ1v) is 7.02. The number of carbonyl (C=O) groups is 2. The highest BCUT2D eigenvalue weighted by Gasteiger charge is 2.03. The summed E-state index contributed by atoms with van der Waals surface area (Å²) in [5.74, 6) is 0.163. The van der Waals surface area contributed by atoms with E-state index in [4.69, 9.17) is 18.9 Å². The first-order chi connectivity index (χ1) is 10.4. The molecule has 0 bridgehead atoms. The number of unbranched alkanes of at least 4 members (excludes halogenated alkanes) is 1. The highest BCUT2D eigenvalue weighted by atomic mass is 16.7. The van der Waals surface area contributed by atoms with Crippen molar-refractivity contribution < 1.29 is 28.5 Å². The van der Waals surface area contributed by atoms with E-state index in [9.17, 15) is 9.59 Å². The molecule has 22 heavy (non-hydrogen) atoms. The Labute approximate surface area is 131 Å². The van der Waals surface area contributed by atoms with Crippen molar-refractivity contribution in [2.45, 2.75) is 26.7 Å². The lowest BCUT2D eigenvalue weighted by Gasteiger charge is -2.08. The lowest BCUT2D eigenvalue weighted by Crippen LogP contribution is -2.26. The number of carbonyl (C=O) groups excluding carboxylic acids is 2. The maximum atomic E-state index is 11.3. The van der Waals surface area contributed by atoms with E-state index in [2.05, 4.69) is 18.5 Å². The molecular weight excluding hydrogens is 290 g/mol. The number of alkyl carbamates (subject to hydrolysis) is 1. The van der Waals surface area contributed by atoms with Crippen LogP contribution in [0.4, 0.5) is 4.79 Å². The maximum absolute atomic E-state index is 11.3. The van der Waals surface area contributed by atoms with E-state index in [-0.39, 0.29) is 20.0 Å². The summed E-state index contributed by atoms with van der Waals surface area (Å²) in [5, 5.41) is 2.58. The largest absolute Gasteiger partial charge is 0.473 e. The van der Waals surface area contributed by atoms with Crippen molar-refractivity contribution in [2.75, 3.05) is 33.2 Å². The number of amides is 1. The minimum Gasteiger partial charge on any atom is -0.473 e. The number of allylic oxidation sites excluding steroid dienone is 1. The van der Waals surface area contributed by atoms with Crippen LogP contribution in [0.2, 0.25) is 0 Å². The summed E-state index contributed by atoms with van der Waals surface area (Å²) < 4.78 is 19.8. The molecule has 0 radical (unpaired) electrons. The Morgan fingerprint density at radius 3 is 2.32 bits per heavy atom. The lowest BCUT2D eigenvalue weighted by molar-refractivity contribution is -0.139. The average molecular weight is 315 g/mol. The van der Waals surface area contributed by atoms with Gasteiger partial charge in [0.2, 0.25) is 0 Å². The van der Waals surface area contributed by atoms with Crippen molar-refractivity contribution in [3.63, 3.8) is 0 Å². The molecule has 0 atom stereocenters. The van der Waals surface area contributed by atoms with Gasteiger partial charge < -0.3 is 24.3 Å². The van der Waals surface area contributed by atoms with Gasteiger partial charge in [0.1, 0.15) is 6.61 Å². The number of hydrogen-bond acceptors (Lipinski definition) is 6. The van der Waals surface area contributed by atoms with Crippen molar-refractivity contribution in [3.8, 4) is 0 Å². The van der Waals surface area contributed by atoms with E-state index >= 15 is 0 Å². The van der Waals surface area contributed by atoms with E-state index in [1.165, 1.54) is 0 Å². The first kappa shape index (κ1) is 20.0. The average Bonchev–Trinajstić information content (AvgIpc) is 2.45. The van der Waals surface area contributed by atoms with Crippen LogP contribution in [0.25, 0.3) is 0 Å². The molecule has 7 nitrogen and oxygen atoms in total. The monoisotopic (exact) mass is 315 g/mol. The standard InChI is InChI=1S/C15H25NO6/c1-12(2)14(17)20-8-6-5-7-16-15(18)21-10-9-19-11-22-13(3)4/h1,3,5-11H2,2,4H3,(H,16,18). The van der Waals surface area contributed by atoms with Crippen molar-refractivity contribution in [2.24, 2.45) is 0 Å². The van der Waals surface area contributed by atoms with Crippen molar-refractivity contribution in [3.05, 3.63) is 24.5 Å². The molecule has 0 aliphatic rings. The second kappa shape index (κ2) is 12.7. The van der Waals surface area contributed by atoms with E-state index in [1.807, 2.05) is 0 Å². The molecule has 1 N–H and O–H groups in total. The summed E-state index contributed by atoms with van der Waals surface area (Å²) in [5.41, 5.74) is 0.373. The van der Waals surface area contributed by atoms with Crippen LogP contribution in [-0.4, -0.2) is 45.2 Å². The summed E-state index contributed by atoms with van der Waals surface area (Å²) in [6, 6.07) is 0. The Balaban J connectivity index is 3.34. The minimum atomic E-state index is -0.511. The van der Waals surface area contributed by atoms with Gasteiger partial charge >= 0.3 is 12.1 Å². The van der Waals surface area contributed by atoms with Gasteiger partial charge in [0, 0.05) is 12.1 Å². The molecule has 0 aromatic carbocycles. The van der Waals surface area contributed by atoms with Crippen molar-refractivity contribution in [1.29, 1.82) is 0 Å². The van der Waals surface area contributed by atoms with E-state index < -0.39 is 12.1 Å². The Morgan fingerprint density at radius 2 is 1.68 bits per heavy atom. The molecule has 0 rings (SSSR count). The number of hydrogen-bond donors (Lipinski definition) is 1. The van der Waals surface area contributed by atoms with Gasteiger partial charge in [-0.3, -0.25) is 0 Å². The topological polar surface area (TPSA) is 83.1 Å². The molecule has 0 heterocycles. The molecule has 0 saturated carbocycles. The predicted molar refractivity (Wildman–Crippen MR) is 81.1 cm³/mol.